The summed E-state index contributed by atoms with van der Waals surface area (Å²) >= 11 is 0. The summed E-state index contributed by atoms with van der Waals surface area (Å²) in [6.07, 6.45) is 10.4. The van der Waals surface area contributed by atoms with E-state index in [2.05, 4.69) is 6.92 Å². The lowest BCUT2D eigenvalue weighted by Crippen LogP contribution is -2.01. The van der Waals surface area contributed by atoms with Crippen molar-refractivity contribution in [2.24, 2.45) is 0 Å². The number of benzene rings is 2. The van der Waals surface area contributed by atoms with Crippen molar-refractivity contribution in [3.63, 3.8) is 0 Å². The molecule has 0 radical (unpaired) electrons. The number of rotatable bonds is 12. The van der Waals surface area contributed by atoms with Gasteiger partial charge in [-0.15, -0.1) is 0 Å². The van der Waals surface area contributed by atoms with E-state index in [9.17, 15) is 18.1 Å². The minimum atomic E-state index is -4.38. The number of phenolic OH excluding ortho intramolecular Hbond substituents is 1. The zero-order chi connectivity index (χ0) is 20.4. The maximum atomic E-state index is 11.5. The van der Waals surface area contributed by atoms with Crippen molar-refractivity contribution < 1.29 is 22.8 Å². The molecule has 0 spiro atoms. The van der Waals surface area contributed by atoms with Crippen molar-refractivity contribution in [3.05, 3.63) is 48.0 Å². The van der Waals surface area contributed by atoms with Crippen LogP contribution < -0.4 is 4.74 Å². The van der Waals surface area contributed by atoms with E-state index in [1.807, 2.05) is 0 Å². The maximum absolute atomic E-state index is 11.5. The Morgan fingerprint density at radius 3 is 2.21 bits per heavy atom. The largest absolute Gasteiger partial charge is 0.508 e. The third-order valence-corrected chi connectivity index (χ3v) is 5.60. The quantitative estimate of drug-likeness (QED) is 0.328. The highest BCUT2D eigenvalue weighted by molar-refractivity contribution is 7.86. The lowest BCUT2D eigenvalue weighted by molar-refractivity contribution is 0.442. The van der Waals surface area contributed by atoms with E-state index in [0.29, 0.717) is 5.75 Å². The summed E-state index contributed by atoms with van der Waals surface area (Å²) in [5, 5.41) is 10.1. The van der Waals surface area contributed by atoms with Gasteiger partial charge in [0.05, 0.1) is 0 Å². The minimum absolute atomic E-state index is 0.0497. The highest BCUT2D eigenvalue weighted by atomic mass is 32.2. The van der Waals surface area contributed by atoms with Gasteiger partial charge in [-0.1, -0.05) is 64.0 Å². The first-order valence-corrected chi connectivity index (χ1v) is 11.4. The molecule has 0 saturated heterocycles. The normalized spacial score (nSPS) is 11.5. The van der Waals surface area contributed by atoms with Gasteiger partial charge in [0.2, 0.25) is 0 Å². The Hall–Kier alpha value is -2.05. The average Bonchev–Trinajstić information content (AvgIpc) is 2.66. The number of phenols is 1. The van der Waals surface area contributed by atoms with Crippen molar-refractivity contribution in [2.75, 3.05) is 0 Å². The van der Waals surface area contributed by atoms with Crippen molar-refractivity contribution >= 4 is 10.1 Å². The highest BCUT2D eigenvalue weighted by Crippen LogP contribution is 2.31. The third kappa shape index (κ3) is 7.17. The van der Waals surface area contributed by atoms with Crippen LogP contribution in [0.3, 0.4) is 0 Å². The smallest absolute Gasteiger partial charge is 0.298 e. The standard InChI is InChI=1S/C22H30O5S/c1-2-3-4-5-6-7-8-9-12-18-17-19(15-16-20(18)23)27-21-13-10-11-14-22(21)28(24,25)26/h10-11,13-17,23H,2-9,12H2,1H3,(H,24,25,26). The molecule has 0 aliphatic carbocycles. The predicted molar refractivity (Wildman–Crippen MR) is 111 cm³/mol. The van der Waals surface area contributed by atoms with Crippen molar-refractivity contribution in [1.82, 2.24) is 0 Å². The molecule has 2 rings (SSSR count). The number of hydrogen-bond acceptors (Lipinski definition) is 4. The second kappa shape index (κ2) is 11.1. The van der Waals surface area contributed by atoms with Crippen molar-refractivity contribution in [3.8, 4) is 17.2 Å². The molecule has 154 valence electrons. The van der Waals surface area contributed by atoms with Crippen LogP contribution in [0.1, 0.15) is 63.9 Å². The zero-order valence-corrected chi connectivity index (χ0v) is 17.2. The van der Waals surface area contributed by atoms with Gasteiger partial charge < -0.3 is 9.84 Å². The number of unbranched alkanes of at least 4 members (excludes halogenated alkanes) is 7. The molecule has 0 aliphatic rings. The fourth-order valence-electron chi connectivity index (χ4n) is 3.15. The van der Waals surface area contributed by atoms with Gasteiger partial charge in [0.15, 0.2) is 0 Å². The first kappa shape index (κ1) is 22.2. The number of aromatic hydroxyl groups is 1. The van der Waals surface area contributed by atoms with Crippen LogP contribution in [0.2, 0.25) is 0 Å². The Balaban J connectivity index is 1.93. The molecule has 0 saturated carbocycles. The van der Waals surface area contributed by atoms with E-state index in [-0.39, 0.29) is 16.4 Å². The molecule has 0 aliphatic heterocycles. The van der Waals surface area contributed by atoms with Crippen molar-refractivity contribution in [1.29, 1.82) is 0 Å². The highest BCUT2D eigenvalue weighted by Gasteiger charge is 2.16. The molecule has 2 aromatic carbocycles. The molecular formula is C22H30O5S. The van der Waals surface area contributed by atoms with Crippen LogP contribution in [0.15, 0.2) is 47.4 Å². The van der Waals surface area contributed by atoms with E-state index in [0.717, 1.165) is 24.8 Å². The second-order valence-electron chi connectivity index (χ2n) is 7.04. The Labute approximate surface area is 168 Å². The van der Waals surface area contributed by atoms with E-state index in [1.165, 1.54) is 56.7 Å². The first-order valence-electron chi connectivity index (χ1n) is 9.98. The molecule has 2 aromatic rings. The molecule has 0 fully saturated rings. The lowest BCUT2D eigenvalue weighted by Gasteiger charge is -2.11. The van der Waals surface area contributed by atoms with E-state index in [1.54, 1.807) is 24.3 Å². The van der Waals surface area contributed by atoms with Crippen LogP contribution in [0.5, 0.6) is 17.2 Å². The second-order valence-corrected chi connectivity index (χ2v) is 8.43. The Morgan fingerprint density at radius 1 is 0.893 bits per heavy atom. The fraction of sp³-hybridized carbons (Fsp3) is 0.455. The van der Waals surface area contributed by atoms with E-state index < -0.39 is 10.1 Å². The molecule has 0 amide bonds. The predicted octanol–water partition coefficient (Wildman–Crippen LogP) is 6.11. The van der Waals surface area contributed by atoms with Gasteiger partial charge in [0.25, 0.3) is 10.1 Å². The number of para-hydroxylation sites is 1. The first-order chi connectivity index (χ1) is 13.4. The summed E-state index contributed by atoms with van der Waals surface area (Å²) in [7, 11) is -4.38. The molecule has 0 aromatic heterocycles. The topological polar surface area (TPSA) is 83.8 Å². The van der Waals surface area contributed by atoms with Crippen LogP contribution >= 0.6 is 0 Å². The van der Waals surface area contributed by atoms with Gasteiger partial charge in [-0.3, -0.25) is 4.55 Å². The minimum Gasteiger partial charge on any atom is -0.508 e. The summed E-state index contributed by atoms with van der Waals surface area (Å²) in [4.78, 5) is -0.285. The molecule has 0 heterocycles. The van der Waals surface area contributed by atoms with Gasteiger partial charge in [-0.25, -0.2) is 0 Å². The van der Waals surface area contributed by atoms with Gasteiger partial charge in [-0.2, -0.15) is 8.42 Å². The Kier molecular flexibility index (Phi) is 8.80. The van der Waals surface area contributed by atoms with Crippen molar-refractivity contribution in [2.45, 2.75) is 69.6 Å². The SMILES string of the molecule is CCCCCCCCCCc1cc(Oc2ccccc2S(=O)(=O)O)ccc1O. The summed E-state index contributed by atoms with van der Waals surface area (Å²) in [6, 6.07) is 10.8. The van der Waals surface area contributed by atoms with Crippen LogP contribution in [-0.2, 0) is 16.5 Å². The number of aryl methyl sites for hydroxylation is 1. The fourth-order valence-corrected chi connectivity index (χ4v) is 3.76. The molecule has 0 unspecified atom stereocenters. The average molecular weight is 407 g/mol. The van der Waals surface area contributed by atoms with E-state index in [4.69, 9.17) is 4.74 Å². The van der Waals surface area contributed by atoms with E-state index >= 15 is 0 Å². The van der Waals surface area contributed by atoms with Crippen LogP contribution in [0.25, 0.3) is 0 Å². The summed E-state index contributed by atoms with van der Waals surface area (Å²) in [5.74, 6) is 0.676. The van der Waals surface area contributed by atoms with Crippen LogP contribution in [0.4, 0.5) is 0 Å². The number of hydrogen-bond donors (Lipinski definition) is 2. The van der Waals surface area contributed by atoms with Gasteiger partial charge in [0, 0.05) is 0 Å². The molecule has 6 heteroatoms. The molecule has 5 nitrogen and oxygen atoms in total. The molecule has 0 bridgehead atoms. The van der Waals surface area contributed by atoms with Crippen LogP contribution in [0, 0.1) is 0 Å². The van der Waals surface area contributed by atoms with Gasteiger partial charge in [-0.05, 0) is 48.7 Å². The number of ether oxygens (including phenoxy) is 1. The van der Waals surface area contributed by atoms with Crippen LogP contribution in [-0.4, -0.2) is 18.1 Å². The summed E-state index contributed by atoms with van der Waals surface area (Å²) < 4.78 is 38.0. The third-order valence-electron chi connectivity index (χ3n) is 4.71. The Morgan fingerprint density at radius 2 is 1.54 bits per heavy atom. The lowest BCUT2D eigenvalue weighted by atomic mass is 10.0. The van der Waals surface area contributed by atoms with Gasteiger partial charge >= 0.3 is 0 Å². The molecule has 28 heavy (non-hydrogen) atoms. The monoisotopic (exact) mass is 406 g/mol. The molecule has 0 atom stereocenters. The summed E-state index contributed by atoms with van der Waals surface area (Å²) in [5.41, 5.74) is 0.771. The van der Waals surface area contributed by atoms with Gasteiger partial charge in [0.1, 0.15) is 22.1 Å². The zero-order valence-electron chi connectivity index (χ0n) is 16.4. The Bertz CT molecular complexity index is 846. The summed E-state index contributed by atoms with van der Waals surface area (Å²) in [6.45, 7) is 2.21. The molecule has 2 N–H and O–H groups in total. The maximum Gasteiger partial charge on any atom is 0.298 e. The molecular weight excluding hydrogens is 376 g/mol.